The van der Waals surface area contributed by atoms with Gasteiger partial charge in [-0.3, -0.25) is 4.79 Å². The molecule has 2 aromatic rings. The van der Waals surface area contributed by atoms with Crippen LogP contribution in [0.15, 0.2) is 30.3 Å². The number of amides is 1. The molecule has 1 saturated heterocycles. The monoisotopic (exact) mass is 303 g/mol. The predicted octanol–water partition coefficient (Wildman–Crippen LogP) is 3.46. The molecule has 0 atom stereocenters. The minimum absolute atomic E-state index is 0.0329. The van der Waals surface area contributed by atoms with E-state index in [2.05, 4.69) is 5.10 Å². The number of carbonyl (C=O) groups is 1. The summed E-state index contributed by atoms with van der Waals surface area (Å²) in [6.45, 7) is 3.63. The molecule has 0 unspecified atom stereocenters. The lowest BCUT2D eigenvalue weighted by Gasteiger charge is -2.25. The van der Waals surface area contributed by atoms with Crippen LogP contribution in [-0.4, -0.2) is 33.7 Å². The van der Waals surface area contributed by atoms with E-state index in [1.54, 1.807) is 4.68 Å². The molecular weight excluding hydrogens is 286 g/mol. The van der Waals surface area contributed by atoms with Crippen LogP contribution in [0, 0.1) is 6.92 Å². The first kappa shape index (κ1) is 14.1. The van der Waals surface area contributed by atoms with Crippen LogP contribution in [0.25, 0.3) is 5.69 Å². The van der Waals surface area contributed by atoms with Crippen molar-refractivity contribution in [2.45, 2.75) is 26.2 Å². The molecule has 0 aliphatic carbocycles. The number of carbonyl (C=O) groups excluding carboxylic acids is 1. The Balaban J connectivity index is 1.86. The quantitative estimate of drug-likeness (QED) is 0.852. The Hall–Kier alpha value is -1.81. The van der Waals surface area contributed by atoms with Crippen molar-refractivity contribution in [3.8, 4) is 5.69 Å². The van der Waals surface area contributed by atoms with E-state index in [4.69, 9.17) is 11.6 Å². The van der Waals surface area contributed by atoms with Gasteiger partial charge in [-0.2, -0.15) is 5.10 Å². The second-order valence-corrected chi connectivity index (χ2v) is 5.85. The molecule has 1 aromatic carbocycles. The highest BCUT2D eigenvalue weighted by Crippen LogP contribution is 2.18. The summed E-state index contributed by atoms with van der Waals surface area (Å²) in [7, 11) is 0. The number of rotatable bonds is 2. The van der Waals surface area contributed by atoms with E-state index in [0.717, 1.165) is 37.3 Å². The summed E-state index contributed by atoms with van der Waals surface area (Å²) in [5.41, 5.74) is 2.37. The number of aryl methyl sites for hydroxylation is 1. The molecule has 2 heterocycles. The second kappa shape index (κ2) is 5.90. The number of piperidine rings is 1. The van der Waals surface area contributed by atoms with Crippen LogP contribution >= 0.6 is 11.6 Å². The molecule has 1 aliphatic rings. The Morgan fingerprint density at radius 2 is 1.81 bits per heavy atom. The summed E-state index contributed by atoms with van der Waals surface area (Å²) >= 11 is 5.91. The Labute approximate surface area is 129 Å². The van der Waals surface area contributed by atoms with Crippen LogP contribution in [0.4, 0.5) is 0 Å². The van der Waals surface area contributed by atoms with Crippen LogP contribution in [0.5, 0.6) is 0 Å². The summed E-state index contributed by atoms with van der Waals surface area (Å²) in [6.07, 6.45) is 3.38. The van der Waals surface area contributed by atoms with E-state index in [1.807, 2.05) is 42.2 Å². The highest BCUT2D eigenvalue weighted by Gasteiger charge is 2.21. The first-order valence-electron chi connectivity index (χ1n) is 7.27. The maximum atomic E-state index is 12.5. The summed E-state index contributed by atoms with van der Waals surface area (Å²) in [5, 5.41) is 5.16. The van der Waals surface area contributed by atoms with Crippen LogP contribution < -0.4 is 0 Å². The maximum Gasteiger partial charge on any atom is 0.274 e. The van der Waals surface area contributed by atoms with Crippen molar-refractivity contribution in [1.29, 1.82) is 0 Å². The van der Waals surface area contributed by atoms with Crippen molar-refractivity contribution in [3.05, 3.63) is 46.7 Å². The first-order valence-corrected chi connectivity index (χ1v) is 7.65. The minimum Gasteiger partial charge on any atom is -0.337 e. The Kier molecular flexibility index (Phi) is 3.97. The first-order chi connectivity index (χ1) is 10.1. The minimum atomic E-state index is 0.0329. The number of hydrogen-bond donors (Lipinski definition) is 0. The predicted molar refractivity (Wildman–Crippen MR) is 83.1 cm³/mol. The summed E-state index contributed by atoms with van der Waals surface area (Å²) in [6, 6.07) is 9.30. The van der Waals surface area contributed by atoms with Gasteiger partial charge in [-0.15, -0.1) is 0 Å². The summed E-state index contributed by atoms with van der Waals surface area (Å²) in [4.78, 5) is 14.4. The second-order valence-electron chi connectivity index (χ2n) is 5.41. The fourth-order valence-corrected chi connectivity index (χ4v) is 2.81. The molecule has 1 fully saturated rings. The molecule has 4 nitrogen and oxygen atoms in total. The van der Waals surface area contributed by atoms with Gasteiger partial charge in [0, 0.05) is 23.8 Å². The number of benzene rings is 1. The van der Waals surface area contributed by atoms with Gasteiger partial charge in [0.05, 0.1) is 5.69 Å². The molecule has 1 aromatic heterocycles. The van der Waals surface area contributed by atoms with Gasteiger partial charge in [-0.25, -0.2) is 4.68 Å². The molecule has 0 bridgehead atoms. The molecule has 0 N–H and O–H groups in total. The number of halogens is 1. The average molecular weight is 304 g/mol. The summed E-state index contributed by atoms with van der Waals surface area (Å²) in [5.74, 6) is 0.0329. The van der Waals surface area contributed by atoms with Crippen molar-refractivity contribution in [1.82, 2.24) is 14.7 Å². The molecule has 0 spiro atoms. The van der Waals surface area contributed by atoms with E-state index >= 15 is 0 Å². The molecule has 0 saturated carbocycles. The lowest BCUT2D eigenvalue weighted by molar-refractivity contribution is 0.0718. The van der Waals surface area contributed by atoms with Crippen molar-refractivity contribution in [2.24, 2.45) is 0 Å². The number of likely N-dealkylation sites (tertiary alicyclic amines) is 1. The van der Waals surface area contributed by atoms with Crippen molar-refractivity contribution < 1.29 is 4.79 Å². The zero-order chi connectivity index (χ0) is 14.8. The van der Waals surface area contributed by atoms with Gasteiger partial charge in [0.1, 0.15) is 0 Å². The molecule has 1 amide bonds. The van der Waals surface area contributed by atoms with E-state index < -0.39 is 0 Å². The topological polar surface area (TPSA) is 38.1 Å². The average Bonchev–Trinajstić information content (AvgIpc) is 2.90. The molecule has 5 heteroatoms. The van der Waals surface area contributed by atoms with E-state index in [-0.39, 0.29) is 5.91 Å². The molecule has 21 heavy (non-hydrogen) atoms. The van der Waals surface area contributed by atoms with Crippen LogP contribution in [0.3, 0.4) is 0 Å². The molecule has 0 radical (unpaired) electrons. The van der Waals surface area contributed by atoms with Gasteiger partial charge < -0.3 is 4.90 Å². The van der Waals surface area contributed by atoms with Crippen molar-refractivity contribution >= 4 is 17.5 Å². The Bertz CT molecular complexity index is 642. The highest BCUT2D eigenvalue weighted by molar-refractivity contribution is 6.30. The smallest absolute Gasteiger partial charge is 0.274 e. The summed E-state index contributed by atoms with van der Waals surface area (Å²) < 4.78 is 1.79. The third-order valence-electron chi connectivity index (χ3n) is 3.82. The fraction of sp³-hybridized carbons (Fsp3) is 0.375. The fourth-order valence-electron chi connectivity index (χ4n) is 2.68. The Morgan fingerprint density at radius 1 is 1.14 bits per heavy atom. The third-order valence-corrected chi connectivity index (χ3v) is 4.07. The molecular formula is C16H18ClN3O. The number of hydrogen-bond acceptors (Lipinski definition) is 2. The zero-order valence-electron chi connectivity index (χ0n) is 12.1. The number of aromatic nitrogens is 2. The molecule has 110 valence electrons. The number of nitrogens with zero attached hydrogens (tertiary/aromatic N) is 3. The third kappa shape index (κ3) is 2.95. The van der Waals surface area contributed by atoms with Crippen LogP contribution in [-0.2, 0) is 0 Å². The largest absolute Gasteiger partial charge is 0.337 e. The lowest BCUT2D eigenvalue weighted by atomic mass is 10.1. The van der Waals surface area contributed by atoms with E-state index in [1.165, 1.54) is 6.42 Å². The molecule has 1 aliphatic heterocycles. The molecule has 3 rings (SSSR count). The standard InChI is InChI=1S/C16H18ClN3O/c1-12-11-15(16(21)19-9-3-2-4-10-19)18-20(12)14-7-5-13(17)6-8-14/h5-8,11H,2-4,9-10H2,1H3. The van der Waals surface area contributed by atoms with Gasteiger partial charge in [-0.1, -0.05) is 11.6 Å². The zero-order valence-corrected chi connectivity index (χ0v) is 12.8. The SMILES string of the molecule is Cc1cc(C(=O)N2CCCCC2)nn1-c1ccc(Cl)cc1. The van der Waals surface area contributed by atoms with Crippen molar-refractivity contribution in [2.75, 3.05) is 13.1 Å². The normalized spacial score (nSPS) is 15.2. The van der Waals surface area contributed by atoms with Gasteiger partial charge >= 0.3 is 0 Å². The van der Waals surface area contributed by atoms with Crippen LogP contribution in [0.1, 0.15) is 35.4 Å². The van der Waals surface area contributed by atoms with Crippen LogP contribution in [0.2, 0.25) is 5.02 Å². The van der Waals surface area contributed by atoms with E-state index in [0.29, 0.717) is 10.7 Å². The van der Waals surface area contributed by atoms with E-state index in [9.17, 15) is 4.79 Å². The Morgan fingerprint density at radius 3 is 2.48 bits per heavy atom. The maximum absolute atomic E-state index is 12.5. The van der Waals surface area contributed by atoms with Gasteiger partial charge in [0.25, 0.3) is 5.91 Å². The van der Waals surface area contributed by atoms with Crippen molar-refractivity contribution in [3.63, 3.8) is 0 Å². The van der Waals surface area contributed by atoms with Gasteiger partial charge in [-0.05, 0) is 56.5 Å². The highest BCUT2D eigenvalue weighted by atomic mass is 35.5. The lowest BCUT2D eigenvalue weighted by Crippen LogP contribution is -2.35. The van der Waals surface area contributed by atoms with Gasteiger partial charge in [0.2, 0.25) is 0 Å². The van der Waals surface area contributed by atoms with Gasteiger partial charge in [0.15, 0.2) is 5.69 Å².